The van der Waals surface area contributed by atoms with Crippen LogP contribution in [0.1, 0.15) is 16.9 Å². The Hall–Kier alpha value is -1.16. The first-order chi connectivity index (χ1) is 4.84. The smallest absolute Gasteiger partial charge is 0.182 e. The molecule has 0 fully saturated rings. The zero-order chi connectivity index (χ0) is 7.40. The minimum absolute atomic E-state index is 0.111. The number of rotatable bonds is 3. The van der Waals surface area contributed by atoms with Gasteiger partial charge < -0.3 is 5.11 Å². The molecule has 0 aliphatic rings. The van der Waals surface area contributed by atoms with Crippen LogP contribution in [0.15, 0.2) is 12.3 Å². The molecule has 54 valence electrons. The van der Waals surface area contributed by atoms with E-state index in [0.29, 0.717) is 5.69 Å². The van der Waals surface area contributed by atoms with E-state index in [2.05, 4.69) is 10.2 Å². The molecule has 0 aromatic carbocycles. The number of aliphatic hydroxyl groups is 1. The van der Waals surface area contributed by atoms with Crippen LogP contribution in [0.25, 0.3) is 0 Å². The van der Waals surface area contributed by atoms with Gasteiger partial charge in [0.05, 0.1) is 6.61 Å². The van der Waals surface area contributed by atoms with Gasteiger partial charge in [0.1, 0.15) is 5.69 Å². The van der Waals surface area contributed by atoms with Crippen LogP contribution in [0.5, 0.6) is 0 Å². The summed E-state index contributed by atoms with van der Waals surface area (Å²) in [4.78, 5) is 10.9. The Kier molecular flexibility index (Phi) is 2.17. The average molecular weight is 140 g/mol. The fourth-order valence-electron chi connectivity index (χ4n) is 0.647. The normalized spacial score (nSPS) is 9.70. The molecule has 2 N–H and O–H groups in total. The van der Waals surface area contributed by atoms with Crippen LogP contribution >= 0.6 is 0 Å². The van der Waals surface area contributed by atoms with Gasteiger partial charge in [0, 0.05) is 12.6 Å². The van der Waals surface area contributed by atoms with Gasteiger partial charge in [-0.15, -0.1) is 0 Å². The van der Waals surface area contributed by atoms with Crippen molar-refractivity contribution in [3.05, 3.63) is 18.0 Å². The summed E-state index contributed by atoms with van der Waals surface area (Å²) in [6.07, 6.45) is 1.66. The van der Waals surface area contributed by atoms with Gasteiger partial charge in [-0.05, 0) is 6.07 Å². The van der Waals surface area contributed by atoms with Crippen molar-refractivity contribution in [3.8, 4) is 0 Å². The minimum atomic E-state index is -0.113. The summed E-state index contributed by atoms with van der Waals surface area (Å²) < 4.78 is 0. The molecule has 0 spiro atoms. The molecule has 1 aromatic heterocycles. The molecule has 0 bridgehead atoms. The number of carbonyl (C=O) groups excluding carboxylic acids is 1. The Bertz CT molecular complexity index is 206. The largest absolute Gasteiger partial charge is 0.396 e. The highest BCUT2D eigenvalue weighted by molar-refractivity contribution is 5.94. The van der Waals surface area contributed by atoms with E-state index < -0.39 is 0 Å². The van der Waals surface area contributed by atoms with Crippen molar-refractivity contribution < 1.29 is 9.90 Å². The van der Waals surface area contributed by atoms with Crippen molar-refractivity contribution in [2.24, 2.45) is 0 Å². The standard InChI is InChI=1S/C6H8N2O2/c9-4-2-6(10)5-1-3-7-8-5/h1,3,9H,2,4H2,(H,7,8). The summed E-state index contributed by atoms with van der Waals surface area (Å²) >= 11 is 0. The van der Waals surface area contributed by atoms with Gasteiger partial charge in [-0.25, -0.2) is 0 Å². The van der Waals surface area contributed by atoms with Crippen molar-refractivity contribution in [2.75, 3.05) is 6.61 Å². The third-order valence-electron chi connectivity index (χ3n) is 1.14. The molecule has 0 aliphatic heterocycles. The van der Waals surface area contributed by atoms with Crippen LogP contribution in [0.3, 0.4) is 0 Å². The van der Waals surface area contributed by atoms with Gasteiger partial charge in [-0.3, -0.25) is 9.89 Å². The molecule has 0 saturated carbocycles. The second-order valence-electron chi connectivity index (χ2n) is 1.87. The predicted molar refractivity (Wildman–Crippen MR) is 34.6 cm³/mol. The second-order valence-corrected chi connectivity index (χ2v) is 1.87. The SMILES string of the molecule is O=C(CCO)c1ccn[nH]1. The summed E-state index contributed by atoms with van der Waals surface area (Å²) in [7, 11) is 0. The Morgan fingerprint density at radius 1 is 1.80 bits per heavy atom. The molecule has 0 aliphatic carbocycles. The quantitative estimate of drug-likeness (QED) is 0.579. The van der Waals surface area contributed by atoms with Crippen molar-refractivity contribution in [1.29, 1.82) is 0 Å². The van der Waals surface area contributed by atoms with E-state index in [0.717, 1.165) is 0 Å². The van der Waals surface area contributed by atoms with Gasteiger partial charge in [0.15, 0.2) is 5.78 Å². The topological polar surface area (TPSA) is 66.0 Å². The highest BCUT2D eigenvalue weighted by Gasteiger charge is 2.04. The molecule has 10 heavy (non-hydrogen) atoms. The van der Waals surface area contributed by atoms with Gasteiger partial charge in [0.2, 0.25) is 0 Å². The highest BCUT2D eigenvalue weighted by Crippen LogP contribution is 1.95. The van der Waals surface area contributed by atoms with Crippen LogP contribution in [-0.2, 0) is 0 Å². The summed E-state index contributed by atoms with van der Waals surface area (Å²) in [6.45, 7) is -0.113. The maximum Gasteiger partial charge on any atom is 0.182 e. The molecular formula is C6H8N2O2. The number of nitrogens with zero attached hydrogens (tertiary/aromatic N) is 1. The van der Waals surface area contributed by atoms with Crippen molar-refractivity contribution in [2.45, 2.75) is 6.42 Å². The van der Waals surface area contributed by atoms with E-state index in [9.17, 15) is 4.79 Å². The third-order valence-corrected chi connectivity index (χ3v) is 1.14. The van der Waals surface area contributed by atoms with Crippen LogP contribution < -0.4 is 0 Å². The Morgan fingerprint density at radius 2 is 2.60 bits per heavy atom. The first-order valence-electron chi connectivity index (χ1n) is 2.98. The fourth-order valence-corrected chi connectivity index (χ4v) is 0.647. The van der Waals surface area contributed by atoms with E-state index in [1.807, 2.05) is 0 Å². The van der Waals surface area contributed by atoms with Crippen molar-refractivity contribution in [3.63, 3.8) is 0 Å². The maximum atomic E-state index is 10.9. The molecule has 0 atom stereocenters. The monoisotopic (exact) mass is 140 g/mol. The molecule has 4 nitrogen and oxygen atoms in total. The number of hydrogen-bond acceptors (Lipinski definition) is 3. The summed E-state index contributed by atoms with van der Waals surface area (Å²) in [6, 6.07) is 1.58. The van der Waals surface area contributed by atoms with E-state index in [4.69, 9.17) is 5.11 Å². The zero-order valence-corrected chi connectivity index (χ0v) is 5.37. The van der Waals surface area contributed by atoms with Crippen LogP contribution in [0, 0.1) is 0 Å². The average Bonchev–Trinajstić information content (AvgIpc) is 2.38. The lowest BCUT2D eigenvalue weighted by atomic mass is 10.2. The molecule has 0 unspecified atom stereocenters. The number of Topliss-reactive ketones (excluding diaryl/α,β-unsaturated/α-hetero) is 1. The summed E-state index contributed by atoms with van der Waals surface area (Å²) in [5, 5.41) is 14.5. The lowest BCUT2D eigenvalue weighted by Crippen LogP contribution is -2.01. The van der Waals surface area contributed by atoms with E-state index in [1.165, 1.54) is 6.20 Å². The fraction of sp³-hybridized carbons (Fsp3) is 0.333. The zero-order valence-electron chi connectivity index (χ0n) is 5.37. The molecule has 1 aromatic rings. The lowest BCUT2D eigenvalue weighted by molar-refractivity contribution is 0.0952. The number of carbonyl (C=O) groups is 1. The van der Waals surface area contributed by atoms with Crippen molar-refractivity contribution >= 4 is 5.78 Å². The van der Waals surface area contributed by atoms with E-state index >= 15 is 0 Å². The number of hydrogen-bond donors (Lipinski definition) is 2. The van der Waals surface area contributed by atoms with E-state index in [-0.39, 0.29) is 18.8 Å². The second kappa shape index (κ2) is 3.12. The molecule has 0 amide bonds. The highest BCUT2D eigenvalue weighted by atomic mass is 16.3. The first-order valence-corrected chi connectivity index (χ1v) is 2.98. The molecule has 4 heteroatoms. The number of nitrogens with one attached hydrogen (secondary N) is 1. The Labute approximate surface area is 57.9 Å². The van der Waals surface area contributed by atoms with Gasteiger partial charge in [-0.2, -0.15) is 5.10 Å². The number of aromatic nitrogens is 2. The number of aromatic amines is 1. The molecule has 0 radical (unpaired) electrons. The number of aliphatic hydroxyl groups excluding tert-OH is 1. The molecular weight excluding hydrogens is 132 g/mol. The third kappa shape index (κ3) is 1.41. The predicted octanol–water partition coefficient (Wildman–Crippen LogP) is -0.0252. The van der Waals surface area contributed by atoms with Crippen LogP contribution in [-0.4, -0.2) is 27.7 Å². The van der Waals surface area contributed by atoms with E-state index in [1.54, 1.807) is 6.07 Å². The van der Waals surface area contributed by atoms with Gasteiger partial charge >= 0.3 is 0 Å². The first kappa shape index (κ1) is 6.95. The maximum absolute atomic E-state index is 10.9. The molecule has 0 saturated heterocycles. The molecule has 1 rings (SSSR count). The van der Waals surface area contributed by atoms with Gasteiger partial charge in [-0.1, -0.05) is 0 Å². The summed E-state index contributed by atoms with van der Waals surface area (Å²) in [5.41, 5.74) is 0.453. The lowest BCUT2D eigenvalue weighted by Gasteiger charge is -1.90. The Morgan fingerprint density at radius 3 is 3.10 bits per heavy atom. The van der Waals surface area contributed by atoms with Gasteiger partial charge in [0.25, 0.3) is 0 Å². The van der Waals surface area contributed by atoms with Crippen LogP contribution in [0.2, 0.25) is 0 Å². The number of ketones is 1. The minimum Gasteiger partial charge on any atom is -0.396 e. The Balaban J connectivity index is 2.59. The summed E-state index contributed by atoms with van der Waals surface area (Å²) in [5.74, 6) is -0.111. The number of H-pyrrole nitrogens is 1. The van der Waals surface area contributed by atoms with Crippen molar-refractivity contribution in [1.82, 2.24) is 10.2 Å². The molecule has 1 heterocycles. The van der Waals surface area contributed by atoms with Crippen LogP contribution in [0.4, 0.5) is 0 Å².